The van der Waals surface area contributed by atoms with Gasteiger partial charge in [0.1, 0.15) is 11.0 Å². The third-order valence-electron chi connectivity index (χ3n) is 5.50. The van der Waals surface area contributed by atoms with E-state index in [1.54, 1.807) is 13.1 Å². The number of thiazole rings is 1. The van der Waals surface area contributed by atoms with Crippen molar-refractivity contribution in [3.63, 3.8) is 0 Å². The van der Waals surface area contributed by atoms with Crippen LogP contribution in [-0.4, -0.2) is 51.8 Å². The van der Waals surface area contributed by atoms with Crippen molar-refractivity contribution >= 4 is 29.1 Å². The molecule has 2 N–H and O–H groups in total. The standard InChI is InChI=1S/C23H30N4O4S/c1-6-31-22(30)15-9-16(21(24)29)27(12-15)19(28)11-18-26-13(2)20(32-18)14-7-8-25-17(10-14)23(3,4)5/h7-8,10,15-16H,6,9,11-12H2,1-5H3,(H2,24,29)/t15-,16-/m0/s1. The van der Waals surface area contributed by atoms with Gasteiger partial charge < -0.3 is 15.4 Å². The molecular weight excluding hydrogens is 428 g/mol. The number of amides is 2. The number of aryl methyl sites for hydroxylation is 1. The van der Waals surface area contributed by atoms with Crippen molar-refractivity contribution in [3.8, 4) is 10.4 Å². The average Bonchev–Trinajstić information content (AvgIpc) is 3.32. The van der Waals surface area contributed by atoms with Crippen molar-refractivity contribution < 1.29 is 19.1 Å². The van der Waals surface area contributed by atoms with E-state index in [4.69, 9.17) is 10.5 Å². The Hall–Kier alpha value is -2.81. The van der Waals surface area contributed by atoms with E-state index in [9.17, 15) is 14.4 Å². The summed E-state index contributed by atoms with van der Waals surface area (Å²) in [6, 6.07) is 3.18. The summed E-state index contributed by atoms with van der Waals surface area (Å²) in [6.07, 6.45) is 2.02. The van der Waals surface area contributed by atoms with Crippen LogP contribution in [-0.2, 0) is 31.0 Å². The molecule has 32 heavy (non-hydrogen) atoms. The third-order valence-corrected chi connectivity index (χ3v) is 6.71. The van der Waals surface area contributed by atoms with Crippen LogP contribution in [0.5, 0.6) is 0 Å². The zero-order valence-corrected chi connectivity index (χ0v) is 20.0. The number of carbonyl (C=O) groups is 3. The van der Waals surface area contributed by atoms with Crippen molar-refractivity contribution in [2.75, 3.05) is 13.2 Å². The van der Waals surface area contributed by atoms with Crippen LogP contribution in [0.1, 0.15) is 50.5 Å². The molecule has 3 rings (SSSR count). The first-order chi connectivity index (χ1) is 15.0. The lowest BCUT2D eigenvalue weighted by Gasteiger charge is -2.21. The highest BCUT2D eigenvalue weighted by molar-refractivity contribution is 7.15. The molecule has 0 spiro atoms. The first-order valence-corrected chi connectivity index (χ1v) is 11.5. The minimum atomic E-state index is -0.813. The topological polar surface area (TPSA) is 115 Å². The molecular formula is C23H30N4O4S. The van der Waals surface area contributed by atoms with Gasteiger partial charge in [-0.2, -0.15) is 0 Å². The van der Waals surface area contributed by atoms with E-state index < -0.39 is 23.8 Å². The molecule has 2 aromatic rings. The number of carbonyl (C=O) groups excluding carboxylic acids is 3. The lowest BCUT2D eigenvalue weighted by Crippen LogP contribution is -2.44. The van der Waals surface area contributed by atoms with Crippen molar-refractivity contribution in [2.45, 2.75) is 58.9 Å². The van der Waals surface area contributed by atoms with Crippen LogP contribution in [0.15, 0.2) is 18.3 Å². The predicted octanol–water partition coefficient (Wildman–Crippen LogP) is 2.62. The molecule has 2 amide bonds. The molecule has 0 radical (unpaired) electrons. The van der Waals surface area contributed by atoms with Gasteiger partial charge in [0.25, 0.3) is 0 Å². The molecule has 0 unspecified atom stereocenters. The Morgan fingerprint density at radius 1 is 1.31 bits per heavy atom. The highest BCUT2D eigenvalue weighted by Crippen LogP contribution is 2.33. The maximum absolute atomic E-state index is 13.0. The number of hydrogen-bond acceptors (Lipinski definition) is 7. The Morgan fingerprint density at radius 3 is 2.66 bits per heavy atom. The van der Waals surface area contributed by atoms with E-state index in [0.29, 0.717) is 5.01 Å². The normalized spacial score (nSPS) is 18.6. The van der Waals surface area contributed by atoms with E-state index >= 15 is 0 Å². The molecule has 3 heterocycles. The van der Waals surface area contributed by atoms with E-state index in [2.05, 4.69) is 36.8 Å². The Labute approximate surface area is 192 Å². The minimum Gasteiger partial charge on any atom is -0.466 e. The summed E-state index contributed by atoms with van der Waals surface area (Å²) in [7, 11) is 0. The number of nitrogens with zero attached hydrogens (tertiary/aromatic N) is 3. The van der Waals surface area contributed by atoms with Crippen LogP contribution in [0.25, 0.3) is 10.4 Å². The fraction of sp³-hybridized carbons (Fsp3) is 0.522. The summed E-state index contributed by atoms with van der Waals surface area (Å²) in [5, 5.41) is 0.652. The summed E-state index contributed by atoms with van der Waals surface area (Å²) in [5.74, 6) is -1.84. The molecule has 1 aliphatic heterocycles. The molecule has 0 bridgehead atoms. The van der Waals surface area contributed by atoms with Gasteiger partial charge in [-0.05, 0) is 38.0 Å². The molecule has 0 saturated carbocycles. The Balaban J connectivity index is 1.79. The number of rotatable bonds is 6. The molecule has 0 aliphatic carbocycles. The van der Waals surface area contributed by atoms with E-state index in [-0.39, 0.29) is 37.3 Å². The second-order valence-electron chi connectivity index (χ2n) is 9.03. The van der Waals surface area contributed by atoms with E-state index in [0.717, 1.165) is 21.8 Å². The Morgan fingerprint density at radius 2 is 2.03 bits per heavy atom. The maximum atomic E-state index is 13.0. The summed E-state index contributed by atoms with van der Waals surface area (Å²) in [4.78, 5) is 48.5. The van der Waals surface area contributed by atoms with Gasteiger partial charge in [-0.25, -0.2) is 4.98 Å². The second-order valence-corrected chi connectivity index (χ2v) is 10.1. The van der Waals surface area contributed by atoms with Crippen LogP contribution in [0, 0.1) is 12.8 Å². The van der Waals surface area contributed by atoms with Crippen LogP contribution >= 0.6 is 11.3 Å². The molecule has 1 fully saturated rings. The van der Waals surface area contributed by atoms with Gasteiger partial charge in [-0.15, -0.1) is 11.3 Å². The van der Waals surface area contributed by atoms with Gasteiger partial charge >= 0.3 is 5.97 Å². The number of hydrogen-bond donors (Lipinski definition) is 1. The molecule has 0 aromatic carbocycles. The molecule has 1 aliphatic rings. The van der Waals surface area contributed by atoms with E-state index in [1.807, 2.05) is 13.0 Å². The van der Waals surface area contributed by atoms with Gasteiger partial charge in [-0.1, -0.05) is 20.8 Å². The Bertz CT molecular complexity index is 1030. The fourth-order valence-corrected chi connectivity index (χ4v) is 4.87. The van der Waals surface area contributed by atoms with Crippen LogP contribution < -0.4 is 5.73 Å². The number of esters is 1. The molecule has 2 aromatic heterocycles. The lowest BCUT2D eigenvalue weighted by atomic mass is 9.90. The second kappa shape index (κ2) is 9.36. The Kier molecular flexibility index (Phi) is 6.97. The van der Waals surface area contributed by atoms with Crippen LogP contribution in [0.4, 0.5) is 0 Å². The van der Waals surface area contributed by atoms with Gasteiger partial charge in [0.2, 0.25) is 11.8 Å². The zero-order valence-electron chi connectivity index (χ0n) is 19.2. The predicted molar refractivity (Wildman–Crippen MR) is 122 cm³/mol. The van der Waals surface area contributed by atoms with Gasteiger partial charge in [0, 0.05) is 23.9 Å². The lowest BCUT2D eigenvalue weighted by molar-refractivity contribution is -0.147. The molecule has 2 atom stereocenters. The first kappa shape index (κ1) is 23.8. The highest BCUT2D eigenvalue weighted by atomic mass is 32.1. The first-order valence-electron chi connectivity index (χ1n) is 10.7. The monoisotopic (exact) mass is 458 g/mol. The number of pyridine rings is 1. The largest absolute Gasteiger partial charge is 0.466 e. The maximum Gasteiger partial charge on any atom is 0.310 e. The van der Waals surface area contributed by atoms with Crippen LogP contribution in [0.2, 0.25) is 0 Å². The smallest absolute Gasteiger partial charge is 0.310 e. The quantitative estimate of drug-likeness (QED) is 0.666. The third kappa shape index (κ3) is 5.15. The van der Waals surface area contributed by atoms with Crippen molar-refractivity contribution in [1.82, 2.24) is 14.9 Å². The van der Waals surface area contributed by atoms with Crippen LogP contribution in [0.3, 0.4) is 0 Å². The minimum absolute atomic E-state index is 0.0437. The summed E-state index contributed by atoms with van der Waals surface area (Å²) in [5.41, 5.74) is 8.25. The van der Waals surface area contributed by atoms with E-state index in [1.165, 1.54) is 16.2 Å². The van der Waals surface area contributed by atoms with Crippen molar-refractivity contribution in [1.29, 1.82) is 0 Å². The number of ether oxygens (including phenoxy) is 1. The van der Waals surface area contributed by atoms with Crippen molar-refractivity contribution in [3.05, 3.63) is 34.7 Å². The molecule has 9 heteroatoms. The summed E-state index contributed by atoms with van der Waals surface area (Å²) >= 11 is 1.45. The SMILES string of the molecule is CCOC(=O)[C@H]1C[C@@H](C(N)=O)N(C(=O)Cc2nc(C)c(-c3ccnc(C(C)(C)C)c3)s2)C1. The zero-order chi connectivity index (χ0) is 23.6. The number of primary amides is 1. The van der Waals surface area contributed by atoms with Gasteiger partial charge in [0.05, 0.1) is 29.5 Å². The number of likely N-dealkylation sites (tertiary alicyclic amines) is 1. The molecule has 1 saturated heterocycles. The van der Waals surface area contributed by atoms with Gasteiger partial charge in [0.15, 0.2) is 0 Å². The van der Waals surface area contributed by atoms with Crippen molar-refractivity contribution in [2.24, 2.45) is 11.7 Å². The number of nitrogens with two attached hydrogens (primary N) is 1. The van der Waals surface area contributed by atoms with Gasteiger partial charge in [-0.3, -0.25) is 19.4 Å². The summed E-state index contributed by atoms with van der Waals surface area (Å²) < 4.78 is 5.06. The summed E-state index contributed by atoms with van der Waals surface area (Å²) in [6.45, 7) is 10.3. The number of aromatic nitrogens is 2. The molecule has 8 nitrogen and oxygen atoms in total. The molecule has 172 valence electrons. The highest BCUT2D eigenvalue weighted by Gasteiger charge is 2.42. The average molecular weight is 459 g/mol. The fourth-order valence-electron chi connectivity index (χ4n) is 3.82.